The van der Waals surface area contributed by atoms with Gasteiger partial charge in [0, 0.05) is 27.1 Å². The zero-order valence-electron chi connectivity index (χ0n) is 10.5. The number of carbonyl (C=O) groups is 2. The van der Waals surface area contributed by atoms with Crippen LogP contribution in [-0.2, 0) is 9.59 Å². The third-order valence-electron chi connectivity index (χ3n) is 2.94. The molecular weight excluding hydrogens is 242 g/mol. The van der Waals surface area contributed by atoms with E-state index in [4.69, 9.17) is 0 Å². The second kappa shape index (κ2) is 8.31. The molecule has 0 aliphatic carbocycles. The average Bonchev–Trinajstić information content (AvgIpc) is 2.35. The summed E-state index contributed by atoms with van der Waals surface area (Å²) in [4.78, 5) is 24.6. The fraction of sp³-hybridized carbons (Fsp3) is 0.818. The van der Waals surface area contributed by atoms with Gasteiger partial charge in [0.15, 0.2) is 0 Å². The number of halogens is 1. The van der Waals surface area contributed by atoms with Crippen LogP contribution < -0.4 is 10.6 Å². The summed E-state index contributed by atoms with van der Waals surface area (Å²) in [6.45, 7) is 1.40. The van der Waals surface area contributed by atoms with E-state index in [2.05, 4.69) is 10.6 Å². The van der Waals surface area contributed by atoms with E-state index in [0.717, 1.165) is 25.8 Å². The molecule has 100 valence electrons. The van der Waals surface area contributed by atoms with Gasteiger partial charge in [-0.15, -0.1) is 12.4 Å². The molecule has 0 aromatic heterocycles. The van der Waals surface area contributed by atoms with Crippen molar-refractivity contribution in [1.29, 1.82) is 0 Å². The first-order valence-electron chi connectivity index (χ1n) is 5.84. The average molecular weight is 264 g/mol. The lowest BCUT2D eigenvalue weighted by molar-refractivity contribution is -0.133. The van der Waals surface area contributed by atoms with Crippen LogP contribution in [0.1, 0.15) is 25.7 Å². The monoisotopic (exact) mass is 263 g/mol. The summed E-state index contributed by atoms with van der Waals surface area (Å²) < 4.78 is 0. The highest BCUT2D eigenvalue weighted by atomic mass is 35.5. The molecule has 2 amide bonds. The molecule has 1 heterocycles. The van der Waals surface area contributed by atoms with Crippen molar-refractivity contribution in [2.75, 3.05) is 27.2 Å². The van der Waals surface area contributed by atoms with Crippen LogP contribution in [0.3, 0.4) is 0 Å². The van der Waals surface area contributed by atoms with Gasteiger partial charge in [0.25, 0.3) is 0 Å². The van der Waals surface area contributed by atoms with E-state index in [1.165, 1.54) is 0 Å². The van der Waals surface area contributed by atoms with Gasteiger partial charge in [-0.05, 0) is 19.4 Å². The van der Waals surface area contributed by atoms with Crippen molar-refractivity contribution in [2.45, 2.75) is 31.7 Å². The summed E-state index contributed by atoms with van der Waals surface area (Å²) >= 11 is 0. The number of likely N-dealkylation sites (N-methyl/N-ethyl adjacent to an activating group) is 1. The number of rotatable bonds is 4. The predicted molar refractivity (Wildman–Crippen MR) is 69.2 cm³/mol. The number of nitrogens with zero attached hydrogens (tertiary/aromatic N) is 1. The Bertz CT molecular complexity index is 255. The molecule has 1 unspecified atom stereocenters. The summed E-state index contributed by atoms with van der Waals surface area (Å²) in [6, 6.07) is -0.0524. The number of amides is 2. The lowest BCUT2D eigenvalue weighted by Crippen LogP contribution is -2.47. The Morgan fingerprint density at radius 3 is 2.65 bits per heavy atom. The predicted octanol–water partition coefficient (Wildman–Crippen LogP) is 0.145. The topological polar surface area (TPSA) is 61.4 Å². The number of piperidine rings is 1. The highest BCUT2D eigenvalue weighted by Gasteiger charge is 2.23. The molecule has 0 aromatic carbocycles. The van der Waals surface area contributed by atoms with Crippen LogP contribution in [0.2, 0.25) is 0 Å². The molecule has 0 aromatic rings. The first kappa shape index (κ1) is 16.2. The number of nitrogens with one attached hydrogen (secondary N) is 2. The molecule has 17 heavy (non-hydrogen) atoms. The van der Waals surface area contributed by atoms with Gasteiger partial charge in [0.2, 0.25) is 11.8 Å². The zero-order chi connectivity index (χ0) is 12.0. The van der Waals surface area contributed by atoms with Gasteiger partial charge in [-0.25, -0.2) is 0 Å². The zero-order valence-corrected chi connectivity index (χ0v) is 11.3. The maximum absolute atomic E-state index is 11.9. The maximum atomic E-state index is 11.9. The van der Waals surface area contributed by atoms with Crippen LogP contribution in [0.4, 0.5) is 0 Å². The van der Waals surface area contributed by atoms with Crippen LogP contribution in [0, 0.1) is 0 Å². The minimum atomic E-state index is -0.0524. The quantitative estimate of drug-likeness (QED) is 0.759. The molecule has 0 radical (unpaired) electrons. The highest BCUT2D eigenvalue weighted by Crippen LogP contribution is 2.09. The van der Waals surface area contributed by atoms with Crippen molar-refractivity contribution in [2.24, 2.45) is 0 Å². The Hall–Kier alpha value is -0.810. The van der Waals surface area contributed by atoms with Crippen LogP contribution in [-0.4, -0.2) is 49.9 Å². The standard InChI is InChI=1S/C11H21N3O2.ClH/c1-12-10(15)6-8-14(2)11(16)9-5-3-4-7-13-9;/h9,13H,3-8H2,1-2H3,(H,12,15);1H. The van der Waals surface area contributed by atoms with E-state index in [1.807, 2.05) is 0 Å². The van der Waals surface area contributed by atoms with Crippen molar-refractivity contribution >= 4 is 24.2 Å². The molecule has 1 fully saturated rings. The van der Waals surface area contributed by atoms with Crippen molar-refractivity contribution in [1.82, 2.24) is 15.5 Å². The summed E-state index contributed by atoms with van der Waals surface area (Å²) in [7, 11) is 3.36. The van der Waals surface area contributed by atoms with E-state index in [0.29, 0.717) is 13.0 Å². The van der Waals surface area contributed by atoms with Crippen LogP contribution in [0.25, 0.3) is 0 Å². The second-order valence-electron chi connectivity index (χ2n) is 4.19. The third kappa shape index (κ3) is 5.37. The molecule has 1 rings (SSSR count). The largest absolute Gasteiger partial charge is 0.359 e. The molecule has 1 atom stereocenters. The van der Waals surface area contributed by atoms with Gasteiger partial charge in [-0.1, -0.05) is 6.42 Å². The lowest BCUT2D eigenvalue weighted by atomic mass is 10.0. The fourth-order valence-electron chi connectivity index (χ4n) is 1.83. The molecule has 0 bridgehead atoms. The molecular formula is C11H22ClN3O2. The molecule has 1 aliphatic rings. The molecule has 1 saturated heterocycles. The minimum Gasteiger partial charge on any atom is -0.359 e. The Kier molecular flexibility index (Phi) is 7.91. The maximum Gasteiger partial charge on any atom is 0.239 e. The van der Waals surface area contributed by atoms with Gasteiger partial charge in [0.1, 0.15) is 0 Å². The van der Waals surface area contributed by atoms with E-state index >= 15 is 0 Å². The van der Waals surface area contributed by atoms with Crippen LogP contribution >= 0.6 is 12.4 Å². The fourth-order valence-corrected chi connectivity index (χ4v) is 1.83. The van der Waals surface area contributed by atoms with Crippen molar-refractivity contribution < 1.29 is 9.59 Å². The van der Waals surface area contributed by atoms with E-state index in [-0.39, 0.29) is 30.3 Å². The first-order valence-corrected chi connectivity index (χ1v) is 5.84. The Balaban J connectivity index is 0.00000256. The third-order valence-corrected chi connectivity index (χ3v) is 2.94. The Morgan fingerprint density at radius 1 is 1.41 bits per heavy atom. The SMILES string of the molecule is CNC(=O)CCN(C)C(=O)C1CCCCN1.Cl. The van der Waals surface area contributed by atoms with Gasteiger partial charge in [-0.3, -0.25) is 9.59 Å². The molecule has 0 saturated carbocycles. The normalized spacial score (nSPS) is 19.1. The van der Waals surface area contributed by atoms with E-state index < -0.39 is 0 Å². The summed E-state index contributed by atoms with van der Waals surface area (Å²) in [6.07, 6.45) is 3.52. The first-order chi connectivity index (χ1) is 7.65. The molecule has 0 spiro atoms. The van der Waals surface area contributed by atoms with Crippen molar-refractivity contribution in [3.05, 3.63) is 0 Å². The van der Waals surface area contributed by atoms with Crippen LogP contribution in [0.5, 0.6) is 0 Å². The highest BCUT2D eigenvalue weighted by molar-refractivity contribution is 5.85. The van der Waals surface area contributed by atoms with E-state index in [1.54, 1.807) is 19.0 Å². The number of hydrogen-bond donors (Lipinski definition) is 2. The molecule has 1 aliphatic heterocycles. The Morgan fingerprint density at radius 2 is 2.12 bits per heavy atom. The molecule has 5 nitrogen and oxygen atoms in total. The van der Waals surface area contributed by atoms with Gasteiger partial charge < -0.3 is 15.5 Å². The minimum absolute atomic E-state index is 0. The van der Waals surface area contributed by atoms with Crippen LogP contribution in [0.15, 0.2) is 0 Å². The lowest BCUT2D eigenvalue weighted by Gasteiger charge is -2.27. The summed E-state index contributed by atoms with van der Waals surface area (Å²) in [5, 5.41) is 5.76. The van der Waals surface area contributed by atoms with E-state index in [9.17, 15) is 9.59 Å². The molecule has 2 N–H and O–H groups in total. The number of carbonyl (C=O) groups excluding carboxylic acids is 2. The van der Waals surface area contributed by atoms with Crippen molar-refractivity contribution in [3.63, 3.8) is 0 Å². The molecule has 6 heteroatoms. The second-order valence-corrected chi connectivity index (χ2v) is 4.19. The van der Waals surface area contributed by atoms with Gasteiger partial charge >= 0.3 is 0 Å². The number of hydrogen-bond acceptors (Lipinski definition) is 3. The van der Waals surface area contributed by atoms with Gasteiger partial charge in [-0.2, -0.15) is 0 Å². The summed E-state index contributed by atoms with van der Waals surface area (Å²) in [5.41, 5.74) is 0. The Labute approximate surface area is 109 Å². The van der Waals surface area contributed by atoms with Gasteiger partial charge in [0.05, 0.1) is 6.04 Å². The van der Waals surface area contributed by atoms with Crippen molar-refractivity contribution in [3.8, 4) is 0 Å². The smallest absolute Gasteiger partial charge is 0.239 e. The summed E-state index contributed by atoms with van der Waals surface area (Å²) in [5.74, 6) is 0.0693.